The van der Waals surface area contributed by atoms with E-state index in [1.807, 2.05) is 49.4 Å². The fourth-order valence-electron chi connectivity index (χ4n) is 3.25. The molecule has 2 aromatic carbocycles. The first-order valence-corrected chi connectivity index (χ1v) is 8.88. The van der Waals surface area contributed by atoms with Crippen molar-refractivity contribution in [2.24, 2.45) is 0 Å². The maximum atomic E-state index is 12.4. The van der Waals surface area contributed by atoms with Crippen molar-refractivity contribution in [1.82, 2.24) is 15.1 Å². The van der Waals surface area contributed by atoms with Crippen LogP contribution < -0.4 is 5.32 Å². The lowest BCUT2D eigenvalue weighted by atomic mass is 10.00. The molecule has 1 heterocycles. The van der Waals surface area contributed by atoms with Gasteiger partial charge in [0.15, 0.2) is 0 Å². The minimum absolute atomic E-state index is 0.161. The van der Waals surface area contributed by atoms with Gasteiger partial charge in [0, 0.05) is 6.54 Å². The van der Waals surface area contributed by atoms with Gasteiger partial charge in [0.05, 0.1) is 6.04 Å². The maximum Gasteiger partial charge on any atom is 0.334 e. The van der Waals surface area contributed by atoms with Gasteiger partial charge in [-0.25, -0.2) is 9.69 Å². The highest BCUT2D eigenvalue weighted by atomic mass is 16.2. The summed E-state index contributed by atoms with van der Waals surface area (Å²) in [6, 6.07) is 12.6. The van der Waals surface area contributed by atoms with E-state index in [1.165, 1.54) is 0 Å². The van der Waals surface area contributed by atoms with Crippen molar-refractivity contribution in [3.05, 3.63) is 48.0 Å². The molecule has 1 fully saturated rings. The van der Waals surface area contributed by atoms with E-state index in [0.29, 0.717) is 11.3 Å². The highest BCUT2D eigenvalue weighted by Gasteiger charge is 2.44. The Hall–Kier alpha value is -3.22. The molecule has 1 saturated heterocycles. The molecule has 7 heteroatoms. The smallest absolute Gasteiger partial charge is 0.334 e. The fourth-order valence-corrected chi connectivity index (χ4v) is 3.25. The molecule has 0 saturated carbocycles. The van der Waals surface area contributed by atoms with Gasteiger partial charge in [-0.15, -0.1) is 0 Å². The standard InChI is InChI=1S/C20H21N3O4/c1-3-11-22-18(25)19(26)23(20(22)27)12-17(24)21-13(2)15-10-6-8-14-7-4-5-9-16(14)15/h4-10,13H,3,11-12H2,1-2H3,(H,21,24)/t13-/m1/s1. The molecular weight excluding hydrogens is 346 g/mol. The van der Waals surface area contributed by atoms with Crippen molar-refractivity contribution in [2.45, 2.75) is 26.3 Å². The number of fused-ring (bicyclic) bond motifs is 1. The average molecular weight is 367 g/mol. The van der Waals surface area contributed by atoms with Crippen molar-refractivity contribution < 1.29 is 19.2 Å². The van der Waals surface area contributed by atoms with Crippen molar-refractivity contribution in [3.63, 3.8) is 0 Å². The first-order valence-electron chi connectivity index (χ1n) is 8.88. The van der Waals surface area contributed by atoms with Crippen molar-refractivity contribution in [3.8, 4) is 0 Å². The predicted molar refractivity (Wildman–Crippen MR) is 99.6 cm³/mol. The third-order valence-corrected chi connectivity index (χ3v) is 4.55. The summed E-state index contributed by atoms with van der Waals surface area (Å²) in [5.41, 5.74) is 0.934. The van der Waals surface area contributed by atoms with Crippen LogP contribution in [0.2, 0.25) is 0 Å². The third kappa shape index (κ3) is 3.53. The molecule has 0 aromatic heterocycles. The predicted octanol–water partition coefficient (Wildman–Crippen LogP) is 2.22. The van der Waals surface area contributed by atoms with Gasteiger partial charge in [-0.1, -0.05) is 49.4 Å². The van der Waals surface area contributed by atoms with Crippen LogP contribution in [0, 0.1) is 0 Å². The number of carbonyl (C=O) groups excluding carboxylic acids is 4. The second kappa shape index (κ2) is 7.57. The first kappa shape index (κ1) is 18.6. The van der Waals surface area contributed by atoms with E-state index in [2.05, 4.69) is 5.32 Å². The number of benzene rings is 2. The van der Waals surface area contributed by atoms with E-state index >= 15 is 0 Å². The van der Waals surface area contributed by atoms with Crippen LogP contribution in [0.15, 0.2) is 42.5 Å². The maximum absolute atomic E-state index is 12.4. The molecule has 7 nitrogen and oxygen atoms in total. The zero-order valence-corrected chi connectivity index (χ0v) is 15.3. The number of imide groups is 2. The molecule has 1 aliphatic rings. The minimum Gasteiger partial charge on any atom is -0.348 e. The molecule has 5 amide bonds. The Morgan fingerprint density at radius 1 is 1.00 bits per heavy atom. The third-order valence-electron chi connectivity index (χ3n) is 4.55. The summed E-state index contributed by atoms with van der Waals surface area (Å²) < 4.78 is 0. The van der Waals surface area contributed by atoms with Crippen LogP contribution in [-0.2, 0) is 14.4 Å². The summed E-state index contributed by atoms with van der Waals surface area (Å²) in [5, 5.41) is 4.88. The van der Waals surface area contributed by atoms with Gasteiger partial charge in [-0.05, 0) is 29.7 Å². The second-order valence-electron chi connectivity index (χ2n) is 6.49. The van der Waals surface area contributed by atoms with E-state index in [1.54, 1.807) is 6.92 Å². The zero-order valence-electron chi connectivity index (χ0n) is 15.3. The average Bonchev–Trinajstić information content (AvgIpc) is 2.86. The van der Waals surface area contributed by atoms with E-state index < -0.39 is 30.3 Å². The van der Waals surface area contributed by atoms with Crippen LogP contribution in [0.1, 0.15) is 31.9 Å². The van der Waals surface area contributed by atoms with Gasteiger partial charge in [0.2, 0.25) is 5.91 Å². The highest BCUT2D eigenvalue weighted by molar-refractivity contribution is 6.45. The largest absolute Gasteiger partial charge is 0.348 e. The topological polar surface area (TPSA) is 86.8 Å². The van der Waals surface area contributed by atoms with E-state index in [4.69, 9.17) is 0 Å². The molecule has 3 rings (SSSR count). The Balaban J connectivity index is 1.71. The SMILES string of the molecule is CCCN1C(=O)C(=O)N(CC(=O)N[C@H](C)c2cccc3ccccc23)C1=O. The molecule has 0 spiro atoms. The molecule has 0 aliphatic carbocycles. The molecule has 140 valence electrons. The molecule has 1 atom stereocenters. The summed E-state index contributed by atoms with van der Waals surface area (Å²) >= 11 is 0. The summed E-state index contributed by atoms with van der Waals surface area (Å²) in [5.74, 6) is -2.33. The van der Waals surface area contributed by atoms with Crippen LogP contribution in [0.3, 0.4) is 0 Å². The normalized spacial score (nSPS) is 15.6. The Labute approximate surface area is 156 Å². The molecule has 2 aromatic rings. The number of hydrogen-bond acceptors (Lipinski definition) is 4. The van der Waals surface area contributed by atoms with E-state index in [9.17, 15) is 19.2 Å². The number of nitrogens with zero attached hydrogens (tertiary/aromatic N) is 2. The Morgan fingerprint density at radius 2 is 1.67 bits per heavy atom. The van der Waals surface area contributed by atoms with Gasteiger partial charge < -0.3 is 5.32 Å². The van der Waals surface area contributed by atoms with E-state index in [-0.39, 0.29) is 12.6 Å². The van der Waals surface area contributed by atoms with Gasteiger partial charge in [-0.2, -0.15) is 0 Å². The second-order valence-corrected chi connectivity index (χ2v) is 6.49. The lowest BCUT2D eigenvalue weighted by Gasteiger charge is -2.19. The van der Waals surface area contributed by atoms with Gasteiger partial charge in [0.1, 0.15) is 6.54 Å². The monoisotopic (exact) mass is 367 g/mol. The summed E-state index contributed by atoms with van der Waals surface area (Å²) in [6.45, 7) is 3.32. The lowest BCUT2D eigenvalue weighted by molar-refractivity contribution is -0.144. The Morgan fingerprint density at radius 3 is 2.41 bits per heavy atom. The molecule has 0 radical (unpaired) electrons. The number of carbonyl (C=O) groups is 4. The fraction of sp³-hybridized carbons (Fsp3) is 0.300. The lowest BCUT2D eigenvalue weighted by Crippen LogP contribution is -2.42. The van der Waals surface area contributed by atoms with Crippen LogP contribution in [0.25, 0.3) is 10.8 Å². The van der Waals surface area contributed by atoms with E-state index in [0.717, 1.165) is 21.2 Å². The van der Waals surface area contributed by atoms with Crippen molar-refractivity contribution in [2.75, 3.05) is 13.1 Å². The molecule has 1 aliphatic heterocycles. The molecule has 1 N–H and O–H groups in total. The number of rotatable bonds is 6. The van der Waals surface area contributed by atoms with Crippen LogP contribution in [0.4, 0.5) is 4.79 Å². The highest BCUT2D eigenvalue weighted by Crippen LogP contribution is 2.24. The quantitative estimate of drug-likeness (QED) is 0.626. The zero-order chi connectivity index (χ0) is 19.6. The number of urea groups is 1. The van der Waals surface area contributed by atoms with Crippen molar-refractivity contribution in [1.29, 1.82) is 0 Å². The minimum atomic E-state index is -0.957. The number of hydrogen-bond donors (Lipinski definition) is 1. The molecule has 27 heavy (non-hydrogen) atoms. The van der Waals surface area contributed by atoms with Crippen molar-refractivity contribution >= 4 is 34.5 Å². The van der Waals surface area contributed by atoms with Gasteiger partial charge >= 0.3 is 17.8 Å². The van der Waals surface area contributed by atoms with Gasteiger partial charge in [0.25, 0.3) is 0 Å². The van der Waals surface area contributed by atoms with Crippen LogP contribution in [0.5, 0.6) is 0 Å². The number of nitrogens with one attached hydrogen (secondary N) is 1. The van der Waals surface area contributed by atoms with Crippen LogP contribution >= 0.6 is 0 Å². The summed E-state index contributed by atoms with van der Waals surface area (Å²) in [7, 11) is 0. The Bertz CT molecular complexity index is 919. The first-order chi connectivity index (χ1) is 12.9. The summed E-state index contributed by atoms with van der Waals surface area (Å²) in [6.07, 6.45) is 0.545. The molecular formula is C20H21N3O4. The van der Waals surface area contributed by atoms with Gasteiger partial charge in [-0.3, -0.25) is 19.3 Å². The molecule has 0 unspecified atom stereocenters. The molecule has 0 bridgehead atoms. The van der Waals surface area contributed by atoms with Crippen LogP contribution in [-0.4, -0.2) is 46.6 Å². The summed E-state index contributed by atoms with van der Waals surface area (Å²) in [4.78, 5) is 50.1. The Kier molecular flexibility index (Phi) is 5.21. The number of amides is 5.